The summed E-state index contributed by atoms with van der Waals surface area (Å²) < 4.78 is 2.00. The summed E-state index contributed by atoms with van der Waals surface area (Å²) in [5.74, 6) is 0. The smallest absolute Gasteiger partial charge is 0.255 e. The zero-order chi connectivity index (χ0) is 12.4. The first kappa shape index (κ1) is 12.4. The first-order valence-corrected chi connectivity index (χ1v) is 6.56. The van der Waals surface area contributed by atoms with Gasteiger partial charge in [-0.15, -0.1) is 0 Å². The van der Waals surface area contributed by atoms with Crippen molar-refractivity contribution in [1.29, 1.82) is 0 Å². The predicted molar refractivity (Wildman–Crippen MR) is 70.5 cm³/mol. The summed E-state index contributed by atoms with van der Waals surface area (Å²) in [6.07, 6.45) is 4.65. The van der Waals surface area contributed by atoms with Gasteiger partial charge in [0.15, 0.2) is 0 Å². The highest BCUT2D eigenvalue weighted by atomic mass is 16.1. The lowest BCUT2D eigenvalue weighted by molar-refractivity contribution is 0.512. The standard InChI is InChI=1S/C14H22N2O/c1-10(2)16-13-7-5-4-6-11(13)8-12(9-15-3)14(16)17/h8,10,15H,4-7,9H2,1-3H3. The molecule has 0 aliphatic heterocycles. The number of rotatable bonds is 3. The second-order valence-electron chi connectivity index (χ2n) is 5.15. The predicted octanol–water partition coefficient (Wildman–Crippen LogP) is 2.03. The highest BCUT2D eigenvalue weighted by Gasteiger charge is 2.18. The second-order valence-corrected chi connectivity index (χ2v) is 5.15. The van der Waals surface area contributed by atoms with Gasteiger partial charge in [-0.2, -0.15) is 0 Å². The molecule has 0 unspecified atom stereocenters. The fraction of sp³-hybridized carbons (Fsp3) is 0.643. The van der Waals surface area contributed by atoms with Crippen LogP contribution < -0.4 is 10.9 Å². The summed E-state index contributed by atoms with van der Waals surface area (Å²) in [4.78, 5) is 12.4. The number of hydrogen-bond donors (Lipinski definition) is 1. The third kappa shape index (κ3) is 2.29. The molecule has 1 aliphatic rings. The Balaban J connectivity index is 2.60. The van der Waals surface area contributed by atoms with Crippen LogP contribution in [0.3, 0.4) is 0 Å². The molecule has 2 rings (SSSR count). The van der Waals surface area contributed by atoms with Crippen LogP contribution in [-0.2, 0) is 19.4 Å². The van der Waals surface area contributed by atoms with Crippen LogP contribution in [0, 0.1) is 0 Å². The molecule has 0 atom stereocenters. The van der Waals surface area contributed by atoms with E-state index >= 15 is 0 Å². The van der Waals surface area contributed by atoms with Crippen LogP contribution in [0.4, 0.5) is 0 Å². The van der Waals surface area contributed by atoms with Gasteiger partial charge in [-0.25, -0.2) is 0 Å². The van der Waals surface area contributed by atoms with E-state index in [0.717, 1.165) is 18.4 Å². The zero-order valence-corrected chi connectivity index (χ0v) is 11.0. The Kier molecular flexibility index (Phi) is 3.67. The van der Waals surface area contributed by atoms with Crippen LogP contribution in [0.1, 0.15) is 49.6 Å². The molecule has 1 N–H and O–H groups in total. The summed E-state index contributed by atoms with van der Waals surface area (Å²) >= 11 is 0. The lowest BCUT2D eigenvalue weighted by Crippen LogP contribution is -2.32. The van der Waals surface area contributed by atoms with Gasteiger partial charge in [-0.05, 0) is 58.2 Å². The lowest BCUT2D eigenvalue weighted by Gasteiger charge is -2.24. The SMILES string of the molecule is CNCc1cc2c(n(C(C)C)c1=O)CCCC2. The number of pyridine rings is 1. The van der Waals surface area contributed by atoms with Crippen molar-refractivity contribution in [2.75, 3.05) is 7.05 Å². The Hall–Kier alpha value is -1.09. The molecule has 0 bridgehead atoms. The number of fused-ring (bicyclic) bond motifs is 1. The van der Waals surface area contributed by atoms with Crippen molar-refractivity contribution in [3.63, 3.8) is 0 Å². The van der Waals surface area contributed by atoms with E-state index in [0.29, 0.717) is 6.54 Å². The minimum absolute atomic E-state index is 0.190. The van der Waals surface area contributed by atoms with Crippen molar-refractivity contribution in [3.8, 4) is 0 Å². The fourth-order valence-electron chi connectivity index (χ4n) is 2.76. The van der Waals surface area contributed by atoms with Gasteiger partial charge in [-0.3, -0.25) is 4.79 Å². The Morgan fingerprint density at radius 3 is 2.71 bits per heavy atom. The van der Waals surface area contributed by atoms with Gasteiger partial charge in [0.1, 0.15) is 0 Å². The maximum atomic E-state index is 12.4. The van der Waals surface area contributed by atoms with Crippen LogP contribution in [0.2, 0.25) is 0 Å². The maximum Gasteiger partial charge on any atom is 0.255 e. The number of aryl methyl sites for hydroxylation is 1. The summed E-state index contributed by atoms with van der Waals surface area (Å²) in [6, 6.07) is 2.37. The molecule has 1 aliphatic carbocycles. The molecule has 0 saturated heterocycles. The molecular formula is C14H22N2O. The topological polar surface area (TPSA) is 34.0 Å². The van der Waals surface area contributed by atoms with Crippen molar-refractivity contribution in [2.45, 2.75) is 52.1 Å². The third-order valence-corrected chi connectivity index (χ3v) is 3.50. The molecular weight excluding hydrogens is 212 g/mol. The first-order valence-electron chi connectivity index (χ1n) is 6.56. The van der Waals surface area contributed by atoms with E-state index in [1.807, 2.05) is 11.6 Å². The van der Waals surface area contributed by atoms with E-state index in [1.54, 1.807) is 0 Å². The molecule has 0 saturated carbocycles. The van der Waals surface area contributed by atoms with E-state index in [4.69, 9.17) is 0 Å². The van der Waals surface area contributed by atoms with Gasteiger partial charge < -0.3 is 9.88 Å². The monoisotopic (exact) mass is 234 g/mol. The molecule has 3 heteroatoms. The summed E-state index contributed by atoms with van der Waals surface area (Å²) in [5.41, 5.74) is 3.75. The van der Waals surface area contributed by atoms with E-state index in [-0.39, 0.29) is 11.6 Å². The van der Waals surface area contributed by atoms with Gasteiger partial charge in [0.25, 0.3) is 5.56 Å². The van der Waals surface area contributed by atoms with Crippen molar-refractivity contribution >= 4 is 0 Å². The zero-order valence-electron chi connectivity index (χ0n) is 11.0. The molecule has 0 amide bonds. The summed E-state index contributed by atoms with van der Waals surface area (Å²) in [7, 11) is 1.89. The molecule has 1 heterocycles. The average molecular weight is 234 g/mol. The average Bonchev–Trinajstić information content (AvgIpc) is 2.30. The Morgan fingerprint density at radius 2 is 2.06 bits per heavy atom. The van der Waals surface area contributed by atoms with E-state index in [9.17, 15) is 4.79 Å². The molecule has 0 aromatic carbocycles. The Bertz CT molecular complexity index is 460. The van der Waals surface area contributed by atoms with Crippen molar-refractivity contribution in [3.05, 3.63) is 33.2 Å². The Morgan fingerprint density at radius 1 is 1.35 bits per heavy atom. The number of nitrogens with one attached hydrogen (secondary N) is 1. The van der Waals surface area contributed by atoms with Crippen molar-refractivity contribution in [1.82, 2.24) is 9.88 Å². The molecule has 1 aromatic heterocycles. The van der Waals surface area contributed by atoms with Crippen molar-refractivity contribution in [2.24, 2.45) is 0 Å². The Labute approximate surface area is 103 Å². The second kappa shape index (κ2) is 5.05. The first-order chi connectivity index (χ1) is 8.15. The van der Waals surface area contributed by atoms with Crippen LogP contribution in [-0.4, -0.2) is 11.6 Å². The molecule has 0 radical (unpaired) electrons. The third-order valence-electron chi connectivity index (χ3n) is 3.50. The number of aromatic nitrogens is 1. The van der Waals surface area contributed by atoms with Crippen LogP contribution in [0.15, 0.2) is 10.9 Å². The quantitative estimate of drug-likeness (QED) is 0.868. The number of hydrogen-bond acceptors (Lipinski definition) is 2. The molecule has 0 fully saturated rings. The van der Waals surface area contributed by atoms with E-state index in [2.05, 4.69) is 25.2 Å². The highest BCUT2D eigenvalue weighted by molar-refractivity contribution is 5.29. The minimum Gasteiger partial charge on any atom is -0.315 e. The van der Waals surface area contributed by atoms with Crippen molar-refractivity contribution < 1.29 is 0 Å². The van der Waals surface area contributed by atoms with Gasteiger partial charge in [0, 0.05) is 23.8 Å². The molecule has 3 nitrogen and oxygen atoms in total. The molecule has 1 aromatic rings. The van der Waals surface area contributed by atoms with Gasteiger partial charge in [0.05, 0.1) is 0 Å². The molecule has 94 valence electrons. The minimum atomic E-state index is 0.190. The van der Waals surface area contributed by atoms with Gasteiger partial charge in [-0.1, -0.05) is 0 Å². The largest absolute Gasteiger partial charge is 0.315 e. The highest BCUT2D eigenvalue weighted by Crippen LogP contribution is 2.22. The van der Waals surface area contributed by atoms with Crippen LogP contribution >= 0.6 is 0 Å². The van der Waals surface area contributed by atoms with E-state index in [1.165, 1.54) is 24.1 Å². The van der Waals surface area contributed by atoms with Crippen LogP contribution in [0.25, 0.3) is 0 Å². The maximum absolute atomic E-state index is 12.4. The summed E-state index contributed by atoms with van der Waals surface area (Å²) in [6.45, 7) is 4.86. The number of nitrogens with zero attached hydrogens (tertiary/aromatic N) is 1. The van der Waals surface area contributed by atoms with E-state index < -0.39 is 0 Å². The van der Waals surface area contributed by atoms with Gasteiger partial charge in [0.2, 0.25) is 0 Å². The normalized spacial score (nSPS) is 15.1. The van der Waals surface area contributed by atoms with Crippen LogP contribution in [0.5, 0.6) is 0 Å². The summed E-state index contributed by atoms with van der Waals surface area (Å²) in [5, 5.41) is 3.08. The molecule has 0 spiro atoms. The lowest BCUT2D eigenvalue weighted by atomic mass is 9.94. The molecule has 17 heavy (non-hydrogen) atoms. The van der Waals surface area contributed by atoms with Gasteiger partial charge >= 0.3 is 0 Å². The fourth-order valence-corrected chi connectivity index (χ4v) is 2.76.